The maximum absolute atomic E-state index is 12.2. The number of rotatable bonds is 8. The summed E-state index contributed by atoms with van der Waals surface area (Å²) in [6.45, 7) is 0.117. The third kappa shape index (κ3) is 5.62. The molecule has 0 saturated carbocycles. The zero-order valence-corrected chi connectivity index (χ0v) is 17.9. The van der Waals surface area contributed by atoms with Gasteiger partial charge < -0.3 is 14.6 Å². The van der Waals surface area contributed by atoms with Crippen molar-refractivity contribution < 1.29 is 14.5 Å². The number of benzene rings is 2. The standard InChI is InChI=1S/C18H15Cl2N5O4S/c1-24-16(9-29-13-5-3-12(4-6-13)25(27)28)22-23-18(24)30-10-17(26)21-15-8-11(19)2-7-14(15)20/h2-8H,9-10H2,1H3,(H,21,26). The number of nitrogens with one attached hydrogen (secondary N) is 1. The van der Waals surface area contributed by atoms with Crippen LogP contribution in [0.1, 0.15) is 5.82 Å². The number of aromatic nitrogens is 3. The molecule has 0 aliphatic heterocycles. The summed E-state index contributed by atoms with van der Waals surface area (Å²) in [5, 5.41) is 22.9. The van der Waals surface area contributed by atoms with E-state index in [0.29, 0.717) is 32.5 Å². The van der Waals surface area contributed by atoms with E-state index in [-0.39, 0.29) is 24.0 Å². The van der Waals surface area contributed by atoms with Crippen LogP contribution in [0.3, 0.4) is 0 Å². The molecule has 1 aromatic heterocycles. The molecule has 9 nitrogen and oxygen atoms in total. The van der Waals surface area contributed by atoms with Crippen molar-refractivity contribution in [3.05, 3.63) is 68.4 Å². The number of ether oxygens (including phenoxy) is 1. The van der Waals surface area contributed by atoms with Crippen molar-refractivity contribution in [1.82, 2.24) is 14.8 Å². The lowest BCUT2D eigenvalue weighted by Crippen LogP contribution is -2.15. The largest absolute Gasteiger partial charge is 0.486 e. The molecular formula is C18H15Cl2N5O4S. The number of hydrogen-bond acceptors (Lipinski definition) is 7. The summed E-state index contributed by atoms with van der Waals surface area (Å²) in [6.07, 6.45) is 0. The average Bonchev–Trinajstić information content (AvgIpc) is 3.07. The van der Waals surface area contributed by atoms with E-state index in [2.05, 4.69) is 15.5 Å². The molecule has 30 heavy (non-hydrogen) atoms. The lowest BCUT2D eigenvalue weighted by molar-refractivity contribution is -0.384. The molecule has 0 fully saturated rings. The van der Waals surface area contributed by atoms with Crippen molar-refractivity contribution in [2.75, 3.05) is 11.1 Å². The van der Waals surface area contributed by atoms with Crippen molar-refractivity contribution >= 4 is 52.2 Å². The summed E-state index contributed by atoms with van der Waals surface area (Å²) in [7, 11) is 1.75. The Kier molecular flexibility index (Phi) is 7.14. The van der Waals surface area contributed by atoms with Gasteiger partial charge in [-0.05, 0) is 30.3 Å². The number of non-ortho nitro benzene ring substituents is 1. The second-order valence-corrected chi connectivity index (χ2v) is 7.74. The Morgan fingerprint density at radius 3 is 2.67 bits per heavy atom. The van der Waals surface area contributed by atoms with Crippen LogP contribution in [-0.2, 0) is 18.4 Å². The monoisotopic (exact) mass is 467 g/mol. The molecular weight excluding hydrogens is 453 g/mol. The van der Waals surface area contributed by atoms with Gasteiger partial charge in [0.05, 0.1) is 21.4 Å². The van der Waals surface area contributed by atoms with Crippen LogP contribution in [0.15, 0.2) is 47.6 Å². The van der Waals surface area contributed by atoms with Crippen LogP contribution in [0.25, 0.3) is 0 Å². The predicted octanol–water partition coefficient (Wildman–Crippen LogP) is 4.34. The Morgan fingerprint density at radius 1 is 1.23 bits per heavy atom. The number of nitro groups is 1. The fourth-order valence-electron chi connectivity index (χ4n) is 2.32. The lowest BCUT2D eigenvalue weighted by Gasteiger charge is -2.08. The van der Waals surface area contributed by atoms with Crippen LogP contribution >= 0.6 is 35.0 Å². The minimum Gasteiger partial charge on any atom is -0.486 e. The van der Waals surface area contributed by atoms with Crippen molar-refractivity contribution in [1.29, 1.82) is 0 Å². The SMILES string of the molecule is Cn1c(COc2ccc([N+](=O)[O-])cc2)nnc1SCC(=O)Nc1cc(Cl)ccc1Cl. The van der Waals surface area contributed by atoms with E-state index in [1.165, 1.54) is 36.0 Å². The van der Waals surface area contributed by atoms with Crippen LogP contribution in [-0.4, -0.2) is 31.3 Å². The smallest absolute Gasteiger partial charge is 0.269 e. The van der Waals surface area contributed by atoms with Crippen molar-refractivity contribution in [3.63, 3.8) is 0 Å². The van der Waals surface area contributed by atoms with E-state index in [9.17, 15) is 14.9 Å². The van der Waals surface area contributed by atoms with E-state index < -0.39 is 4.92 Å². The summed E-state index contributed by atoms with van der Waals surface area (Å²) in [5.74, 6) is 0.832. The summed E-state index contributed by atoms with van der Waals surface area (Å²) in [4.78, 5) is 22.4. The van der Waals surface area contributed by atoms with Gasteiger partial charge in [-0.3, -0.25) is 14.9 Å². The molecule has 3 aromatic rings. The molecule has 0 aliphatic carbocycles. The fourth-order valence-corrected chi connectivity index (χ4v) is 3.38. The molecule has 0 spiro atoms. The van der Waals surface area contributed by atoms with Crippen LogP contribution in [0.2, 0.25) is 10.0 Å². The Balaban J connectivity index is 1.54. The lowest BCUT2D eigenvalue weighted by atomic mass is 10.3. The Labute approximate surface area is 185 Å². The third-order valence-corrected chi connectivity index (χ3v) is 5.46. The second-order valence-electron chi connectivity index (χ2n) is 5.96. The predicted molar refractivity (Wildman–Crippen MR) is 114 cm³/mol. The number of amides is 1. The van der Waals surface area contributed by atoms with Crippen LogP contribution in [0.5, 0.6) is 5.75 Å². The Hall–Kier alpha value is -2.82. The normalized spacial score (nSPS) is 10.6. The minimum absolute atomic E-state index is 0.0166. The first-order valence-corrected chi connectivity index (χ1v) is 10.2. The summed E-state index contributed by atoms with van der Waals surface area (Å²) in [6, 6.07) is 10.5. The summed E-state index contributed by atoms with van der Waals surface area (Å²) < 4.78 is 7.29. The number of anilines is 1. The molecule has 0 atom stereocenters. The van der Waals surface area contributed by atoms with Gasteiger partial charge in [0.15, 0.2) is 11.0 Å². The van der Waals surface area contributed by atoms with E-state index >= 15 is 0 Å². The van der Waals surface area contributed by atoms with Gasteiger partial charge in [-0.15, -0.1) is 10.2 Å². The maximum atomic E-state index is 12.2. The highest BCUT2D eigenvalue weighted by Crippen LogP contribution is 2.26. The van der Waals surface area contributed by atoms with Gasteiger partial charge >= 0.3 is 0 Å². The van der Waals surface area contributed by atoms with Crippen molar-refractivity contribution in [2.45, 2.75) is 11.8 Å². The zero-order chi connectivity index (χ0) is 21.7. The second kappa shape index (κ2) is 9.79. The van der Waals surface area contributed by atoms with Gasteiger partial charge in [-0.2, -0.15) is 0 Å². The molecule has 0 radical (unpaired) electrons. The van der Waals surface area contributed by atoms with Crippen LogP contribution in [0, 0.1) is 10.1 Å². The highest BCUT2D eigenvalue weighted by Gasteiger charge is 2.13. The number of nitrogens with zero attached hydrogens (tertiary/aromatic N) is 4. The van der Waals surface area contributed by atoms with Gasteiger partial charge in [0, 0.05) is 24.2 Å². The fraction of sp³-hybridized carbons (Fsp3) is 0.167. The summed E-state index contributed by atoms with van der Waals surface area (Å²) >= 11 is 13.2. The van der Waals surface area contributed by atoms with Gasteiger partial charge in [0.25, 0.3) is 5.69 Å². The molecule has 0 bridgehead atoms. The maximum Gasteiger partial charge on any atom is 0.269 e. The molecule has 12 heteroatoms. The summed E-state index contributed by atoms with van der Waals surface area (Å²) in [5.41, 5.74) is 0.418. The first-order valence-electron chi connectivity index (χ1n) is 8.46. The van der Waals surface area contributed by atoms with E-state index in [0.717, 1.165) is 0 Å². The number of carbonyl (C=O) groups excluding carboxylic acids is 1. The van der Waals surface area contributed by atoms with Gasteiger partial charge in [-0.1, -0.05) is 35.0 Å². The first-order chi connectivity index (χ1) is 14.3. The van der Waals surface area contributed by atoms with Crippen molar-refractivity contribution in [3.8, 4) is 5.75 Å². The molecule has 0 saturated heterocycles. The van der Waals surface area contributed by atoms with Crippen LogP contribution in [0.4, 0.5) is 11.4 Å². The third-order valence-electron chi connectivity index (χ3n) is 3.88. The topological polar surface area (TPSA) is 112 Å². The quantitative estimate of drug-likeness (QED) is 0.297. The number of hydrogen-bond donors (Lipinski definition) is 1. The number of carbonyl (C=O) groups is 1. The number of nitro benzene ring substituents is 1. The molecule has 0 aliphatic rings. The molecule has 2 aromatic carbocycles. The van der Waals surface area contributed by atoms with E-state index in [1.54, 1.807) is 29.8 Å². The molecule has 156 valence electrons. The van der Waals surface area contributed by atoms with Crippen LogP contribution < -0.4 is 10.1 Å². The zero-order valence-electron chi connectivity index (χ0n) is 15.5. The Morgan fingerprint density at radius 2 is 1.97 bits per heavy atom. The molecule has 3 rings (SSSR count). The minimum atomic E-state index is -0.480. The molecule has 1 heterocycles. The van der Waals surface area contributed by atoms with E-state index in [4.69, 9.17) is 27.9 Å². The first kappa shape index (κ1) is 21.9. The number of halogens is 2. The van der Waals surface area contributed by atoms with E-state index in [1.807, 2.05) is 0 Å². The molecule has 1 N–H and O–H groups in total. The molecule has 0 unspecified atom stereocenters. The van der Waals surface area contributed by atoms with Gasteiger partial charge in [0.2, 0.25) is 5.91 Å². The highest BCUT2D eigenvalue weighted by atomic mass is 35.5. The highest BCUT2D eigenvalue weighted by molar-refractivity contribution is 7.99. The van der Waals surface area contributed by atoms with Gasteiger partial charge in [-0.25, -0.2) is 0 Å². The van der Waals surface area contributed by atoms with Gasteiger partial charge in [0.1, 0.15) is 12.4 Å². The van der Waals surface area contributed by atoms with Crippen molar-refractivity contribution in [2.24, 2.45) is 7.05 Å². The Bertz CT molecular complexity index is 1070. The average molecular weight is 468 g/mol. The molecule has 1 amide bonds. The number of thioether (sulfide) groups is 1.